The van der Waals surface area contributed by atoms with Gasteiger partial charge in [0.05, 0.1) is 6.61 Å². The number of aliphatic hydroxyl groups is 4. The summed E-state index contributed by atoms with van der Waals surface area (Å²) in [5.74, 6) is -0.801. The van der Waals surface area contributed by atoms with Crippen molar-refractivity contribution in [1.82, 2.24) is 0 Å². The Kier molecular flexibility index (Phi) is 5.64. The summed E-state index contributed by atoms with van der Waals surface area (Å²) in [6.45, 7) is -0.580. The summed E-state index contributed by atoms with van der Waals surface area (Å²) < 4.78 is 9.80. The Bertz CT molecular complexity index is 516. The van der Waals surface area contributed by atoms with Gasteiger partial charge in [0.1, 0.15) is 18.3 Å². The van der Waals surface area contributed by atoms with Gasteiger partial charge < -0.3 is 29.9 Å². The van der Waals surface area contributed by atoms with E-state index in [-0.39, 0.29) is 0 Å². The van der Waals surface area contributed by atoms with Crippen LogP contribution in [0.5, 0.6) is 0 Å². The van der Waals surface area contributed by atoms with Crippen LogP contribution >= 0.6 is 0 Å². The van der Waals surface area contributed by atoms with Crippen LogP contribution in [-0.2, 0) is 14.3 Å². The third-order valence-corrected chi connectivity index (χ3v) is 3.31. The van der Waals surface area contributed by atoms with Gasteiger partial charge in [-0.05, 0) is 11.6 Å². The van der Waals surface area contributed by atoms with Crippen LogP contribution in [0, 0.1) is 0 Å². The minimum Gasteiger partial charge on any atom is -0.451 e. The van der Waals surface area contributed by atoms with Crippen LogP contribution in [0.15, 0.2) is 36.4 Å². The number of benzene rings is 1. The van der Waals surface area contributed by atoms with Crippen molar-refractivity contribution in [2.24, 2.45) is 0 Å². The summed E-state index contributed by atoms with van der Waals surface area (Å²) >= 11 is 0. The molecule has 1 heterocycles. The zero-order valence-electron chi connectivity index (χ0n) is 11.6. The Balaban J connectivity index is 1.97. The van der Waals surface area contributed by atoms with Crippen LogP contribution in [0.1, 0.15) is 5.56 Å². The first kappa shape index (κ1) is 16.6. The minimum atomic E-state index is -1.63. The molecule has 0 amide bonds. The molecule has 0 saturated carbocycles. The van der Waals surface area contributed by atoms with Crippen molar-refractivity contribution < 1.29 is 34.7 Å². The van der Waals surface area contributed by atoms with Crippen LogP contribution in [0.4, 0.5) is 0 Å². The molecular weight excluding hydrogens is 292 g/mol. The predicted molar refractivity (Wildman–Crippen MR) is 75.3 cm³/mol. The number of rotatable bonds is 4. The Morgan fingerprint density at radius 2 is 1.86 bits per heavy atom. The summed E-state index contributed by atoms with van der Waals surface area (Å²) in [6.07, 6.45) is -4.59. The molecule has 1 saturated heterocycles. The van der Waals surface area contributed by atoms with Gasteiger partial charge in [0.2, 0.25) is 0 Å². The van der Waals surface area contributed by atoms with Crippen LogP contribution in [0.2, 0.25) is 0 Å². The molecule has 0 radical (unpaired) electrons. The Hall–Kier alpha value is -1.77. The number of hydrogen-bond donors (Lipinski definition) is 4. The van der Waals surface area contributed by atoms with E-state index in [1.807, 2.05) is 6.07 Å². The summed E-state index contributed by atoms with van der Waals surface area (Å²) in [6, 6.07) is 9.01. The first-order valence-electron chi connectivity index (χ1n) is 6.77. The van der Waals surface area contributed by atoms with E-state index in [2.05, 4.69) is 0 Å². The molecular formula is C15H18O7. The van der Waals surface area contributed by atoms with Crippen molar-refractivity contribution in [2.45, 2.75) is 30.7 Å². The number of carbonyl (C=O) groups is 1. The fourth-order valence-electron chi connectivity index (χ4n) is 2.10. The highest BCUT2D eigenvalue weighted by Crippen LogP contribution is 2.22. The molecule has 1 aliphatic rings. The first-order chi connectivity index (χ1) is 10.5. The van der Waals surface area contributed by atoms with Crippen molar-refractivity contribution in [1.29, 1.82) is 0 Å². The monoisotopic (exact) mass is 310 g/mol. The molecule has 1 aromatic carbocycles. The van der Waals surface area contributed by atoms with Gasteiger partial charge in [-0.25, -0.2) is 4.79 Å². The molecule has 0 spiro atoms. The summed E-state index contributed by atoms with van der Waals surface area (Å²) in [7, 11) is 0. The fourth-order valence-corrected chi connectivity index (χ4v) is 2.10. The third-order valence-electron chi connectivity index (χ3n) is 3.31. The molecule has 7 heteroatoms. The Morgan fingerprint density at radius 3 is 2.50 bits per heavy atom. The van der Waals surface area contributed by atoms with E-state index in [1.165, 1.54) is 6.08 Å². The van der Waals surface area contributed by atoms with Crippen molar-refractivity contribution in [3.8, 4) is 0 Å². The smallest absolute Gasteiger partial charge is 0.331 e. The molecule has 22 heavy (non-hydrogen) atoms. The second-order valence-electron chi connectivity index (χ2n) is 4.87. The molecule has 120 valence electrons. The Labute approximate surface area is 127 Å². The van der Waals surface area contributed by atoms with Gasteiger partial charge in [-0.15, -0.1) is 0 Å². The van der Waals surface area contributed by atoms with E-state index in [0.29, 0.717) is 0 Å². The number of ether oxygens (including phenoxy) is 2. The van der Waals surface area contributed by atoms with Gasteiger partial charge in [-0.3, -0.25) is 0 Å². The van der Waals surface area contributed by atoms with Crippen LogP contribution in [-0.4, -0.2) is 63.7 Å². The molecule has 7 nitrogen and oxygen atoms in total. The normalized spacial score (nSPS) is 32.1. The molecule has 2 rings (SSSR count). The summed E-state index contributed by atoms with van der Waals surface area (Å²) in [4.78, 5) is 11.7. The maximum Gasteiger partial charge on any atom is 0.331 e. The minimum absolute atomic E-state index is 0.580. The zero-order valence-corrected chi connectivity index (χ0v) is 11.6. The third kappa shape index (κ3) is 3.90. The molecule has 1 aliphatic heterocycles. The largest absolute Gasteiger partial charge is 0.451 e. The van der Waals surface area contributed by atoms with E-state index < -0.39 is 43.3 Å². The van der Waals surface area contributed by atoms with Crippen molar-refractivity contribution in [2.75, 3.05) is 6.61 Å². The van der Waals surface area contributed by atoms with Crippen molar-refractivity contribution >= 4 is 12.0 Å². The molecule has 0 aromatic heterocycles. The highest BCUT2D eigenvalue weighted by atomic mass is 16.7. The topological polar surface area (TPSA) is 116 Å². The molecule has 1 fully saturated rings. The van der Waals surface area contributed by atoms with Crippen molar-refractivity contribution in [3.63, 3.8) is 0 Å². The van der Waals surface area contributed by atoms with Crippen LogP contribution in [0.25, 0.3) is 6.08 Å². The predicted octanol–water partition coefficient (Wildman–Crippen LogP) is -0.957. The highest BCUT2D eigenvalue weighted by Gasteiger charge is 2.45. The Morgan fingerprint density at radius 1 is 1.18 bits per heavy atom. The van der Waals surface area contributed by atoms with Crippen molar-refractivity contribution in [3.05, 3.63) is 42.0 Å². The zero-order chi connectivity index (χ0) is 16.1. The van der Waals surface area contributed by atoms with Gasteiger partial charge in [0, 0.05) is 6.08 Å². The summed E-state index contributed by atoms with van der Waals surface area (Å²) in [5.41, 5.74) is 0.779. The highest BCUT2D eigenvalue weighted by molar-refractivity contribution is 5.87. The lowest BCUT2D eigenvalue weighted by Crippen LogP contribution is -2.59. The van der Waals surface area contributed by atoms with E-state index in [0.717, 1.165) is 11.6 Å². The maximum absolute atomic E-state index is 11.7. The van der Waals surface area contributed by atoms with E-state index >= 15 is 0 Å². The quantitative estimate of drug-likeness (QED) is 0.418. The first-order valence-corrected chi connectivity index (χ1v) is 6.77. The molecule has 4 N–H and O–H groups in total. The standard InChI is InChI=1S/C15H18O7/c16-8-10-12(18)13(19)14(15(20)21-10)22-11(17)7-6-9-4-2-1-3-5-9/h1-7,10,12-16,18-20H,8H2/b7-6+/t10-,12-,13-,14-,15-/m1/s1. The average molecular weight is 310 g/mol. The molecule has 0 unspecified atom stereocenters. The molecule has 1 aromatic rings. The number of carbonyl (C=O) groups excluding carboxylic acids is 1. The number of esters is 1. The van der Waals surface area contributed by atoms with Gasteiger partial charge in [0.25, 0.3) is 0 Å². The average Bonchev–Trinajstić information content (AvgIpc) is 2.54. The number of aliphatic hydroxyl groups excluding tert-OH is 4. The lowest BCUT2D eigenvalue weighted by atomic mass is 9.99. The van der Waals surface area contributed by atoms with Gasteiger partial charge in [0.15, 0.2) is 12.4 Å². The van der Waals surface area contributed by atoms with Crippen LogP contribution < -0.4 is 0 Å². The van der Waals surface area contributed by atoms with E-state index in [9.17, 15) is 20.1 Å². The van der Waals surface area contributed by atoms with Crippen LogP contribution in [0.3, 0.4) is 0 Å². The van der Waals surface area contributed by atoms with E-state index in [1.54, 1.807) is 24.3 Å². The molecule has 5 atom stereocenters. The lowest BCUT2D eigenvalue weighted by Gasteiger charge is -2.39. The lowest BCUT2D eigenvalue weighted by molar-refractivity contribution is -0.289. The van der Waals surface area contributed by atoms with E-state index in [4.69, 9.17) is 14.6 Å². The molecule has 0 aliphatic carbocycles. The second-order valence-corrected chi connectivity index (χ2v) is 4.87. The fraction of sp³-hybridized carbons (Fsp3) is 0.400. The maximum atomic E-state index is 11.7. The SMILES string of the molecule is O=C(/C=C/c1ccccc1)O[C@@H]1[C@H](O)[C@H](O)[C@@H](CO)O[C@H]1O. The molecule has 0 bridgehead atoms. The summed E-state index contributed by atoms with van der Waals surface area (Å²) in [5, 5.41) is 38.2. The van der Waals surface area contributed by atoms with Gasteiger partial charge >= 0.3 is 5.97 Å². The number of hydrogen-bond acceptors (Lipinski definition) is 7. The second kappa shape index (κ2) is 7.48. The van der Waals surface area contributed by atoms with Gasteiger partial charge in [-0.2, -0.15) is 0 Å². The van der Waals surface area contributed by atoms with Gasteiger partial charge in [-0.1, -0.05) is 30.3 Å².